The van der Waals surface area contributed by atoms with Crippen molar-refractivity contribution < 1.29 is 4.74 Å². The SMILES string of the molecule is CCOc1cccc(CNCc2ccncc2)c1.Cl. The molecule has 1 heterocycles. The van der Waals surface area contributed by atoms with E-state index in [1.807, 2.05) is 43.6 Å². The van der Waals surface area contributed by atoms with E-state index in [-0.39, 0.29) is 12.4 Å². The average Bonchev–Trinajstić information content (AvgIpc) is 2.41. The van der Waals surface area contributed by atoms with Crippen molar-refractivity contribution in [2.24, 2.45) is 0 Å². The minimum atomic E-state index is 0. The van der Waals surface area contributed by atoms with Crippen molar-refractivity contribution in [3.05, 3.63) is 59.9 Å². The number of pyridine rings is 1. The number of nitrogens with zero attached hydrogens (tertiary/aromatic N) is 1. The van der Waals surface area contributed by atoms with Crippen LogP contribution < -0.4 is 10.1 Å². The van der Waals surface area contributed by atoms with Gasteiger partial charge < -0.3 is 10.1 Å². The van der Waals surface area contributed by atoms with Crippen LogP contribution >= 0.6 is 12.4 Å². The Balaban J connectivity index is 0.00000180. The molecule has 2 aromatic rings. The molecule has 102 valence electrons. The zero-order valence-corrected chi connectivity index (χ0v) is 11.8. The lowest BCUT2D eigenvalue weighted by Crippen LogP contribution is -2.12. The lowest BCUT2D eigenvalue weighted by Gasteiger charge is -2.07. The molecule has 4 heteroatoms. The van der Waals surface area contributed by atoms with Crippen LogP contribution in [0.5, 0.6) is 5.75 Å². The molecular formula is C15H19ClN2O. The van der Waals surface area contributed by atoms with Gasteiger partial charge in [0.25, 0.3) is 0 Å². The van der Waals surface area contributed by atoms with E-state index in [1.165, 1.54) is 11.1 Å². The van der Waals surface area contributed by atoms with Crippen LogP contribution in [-0.2, 0) is 13.1 Å². The second-order valence-corrected chi connectivity index (χ2v) is 4.04. The van der Waals surface area contributed by atoms with Crippen LogP contribution in [0.4, 0.5) is 0 Å². The van der Waals surface area contributed by atoms with Crippen LogP contribution in [0, 0.1) is 0 Å². The van der Waals surface area contributed by atoms with Crippen molar-refractivity contribution in [2.75, 3.05) is 6.61 Å². The Labute approximate surface area is 120 Å². The van der Waals surface area contributed by atoms with Crippen molar-refractivity contribution in [3.63, 3.8) is 0 Å². The molecule has 0 aliphatic carbocycles. The smallest absolute Gasteiger partial charge is 0.119 e. The molecule has 0 bridgehead atoms. The van der Waals surface area contributed by atoms with Gasteiger partial charge >= 0.3 is 0 Å². The fraction of sp³-hybridized carbons (Fsp3) is 0.267. The van der Waals surface area contributed by atoms with Crippen molar-refractivity contribution >= 4 is 12.4 Å². The highest BCUT2D eigenvalue weighted by atomic mass is 35.5. The van der Waals surface area contributed by atoms with Crippen molar-refractivity contribution in [2.45, 2.75) is 20.0 Å². The summed E-state index contributed by atoms with van der Waals surface area (Å²) in [4.78, 5) is 4.00. The number of hydrogen-bond acceptors (Lipinski definition) is 3. The molecule has 0 atom stereocenters. The van der Waals surface area contributed by atoms with Gasteiger partial charge in [-0.2, -0.15) is 0 Å². The van der Waals surface area contributed by atoms with Gasteiger partial charge in [0.15, 0.2) is 0 Å². The maximum atomic E-state index is 5.48. The molecule has 0 amide bonds. The lowest BCUT2D eigenvalue weighted by atomic mass is 10.2. The predicted octanol–water partition coefficient (Wildman–Crippen LogP) is 3.19. The lowest BCUT2D eigenvalue weighted by molar-refractivity contribution is 0.340. The number of benzene rings is 1. The Morgan fingerprint density at radius 3 is 2.53 bits per heavy atom. The monoisotopic (exact) mass is 278 g/mol. The van der Waals surface area contributed by atoms with E-state index in [9.17, 15) is 0 Å². The maximum absolute atomic E-state index is 5.48. The normalized spacial score (nSPS) is 9.74. The summed E-state index contributed by atoms with van der Waals surface area (Å²) in [5.74, 6) is 0.931. The molecule has 19 heavy (non-hydrogen) atoms. The first-order valence-electron chi connectivity index (χ1n) is 6.20. The molecule has 1 N–H and O–H groups in total. The van der Waals surface area contributed by atoms with Gasteiger partial charge in [0.05, 0.1) is 6.61 Å². The number of hydrogen-bond donors (Lipinski definition) is 1. The molecule has 0 saturated heterocycles. The molecule has 0 aliphatic rings. The van der Waals surface area contributed by atoms with Crippen LogP contribution in [0.2, 0.25) is 0 Å². The van der Waals surface area contributed by atoms with Gasteiger partial charge in [-0.3, -0.25) is 4.98 Å². The summed E-state index contributed by atoms with van der Waals surface area (Å²) < 4.78 is 5.48. The van der Waals surface area contributed by atoms with E-state index in [0.717, 1.165) is 18.8 Å². The number of ether oxygens (including phenoxy) is 1. The third-order valence-corrected chi connectivity index (χ3v) is 2.62. The van der Waals surface area contributed by atoms with Crippen molar-refractivity contribution in [3.8, 4) is 5.75 Å². The summed E-state index contributed by atoms with van der Waals surface area (Å²) in [6.45, 7) is 4.38. The van der Waals surface area contributed by atoms with E-state index in [0.29, 0.717) is 6.61 Å². The molecule has 1 aromatic heterocycles. The number of aromatic nitrogens is 1. The molecule has 0 spiro atoms. The number of nitrogens with one attached hydrogen (secondary N) is 1. The van der Waals surface area contributed by atoms with Crippen LogP contribution in [0.25, 0.3) is 0 Å². The minimum Gasteiger partial charge on any atom is -0.494 e. The second kappa shape index (κ2) is 8.51. The highest BCUT2D eigenvalue weighted by molar-refractivity contribution is 5.85. The largest absolute Gasteiger partial charge is 0.494 e. The summed E-state index contributed by atoms with van der Waals surface area (Å²) >= 11 is 0. The van der Waals surface area contributed by atoms with E-state index < -0.39 is 0 Å². The first-order chi connectivity index (χ1) is 8.88. The summed E-state index contributed by atoms with van der Waals surface area (Å²) in [6.07, 6.45) is 3.62. The van der Waals surface area contributed by atoms with Gasteiger partial charge in [0.2, 0.25) is 0 Å². The Morgan fingerprint density at radius 2 is 1.79 bits per heavy atom. The molecular weight excluding hydrogens is 260 g/mol. The Hall–Kier alpha value is -1.58. The molecule has 1 aromatic carbocycles. The molecule has 0 saturated carbocycles. The van der Waals surface area contributed by atoms with E-state index in [4.69, 9.17) is 4.74 Å². The number of halogens is 1. The van der Waals surface area contributed by atoms with E-state index >= 15 is 0 Å². The Bertz CT molecular complexity index is 477. The standard InChI is InChI=1S/C15H18N2O.ClH/c1-2-18-15-5-3-4-14(10-15)12-17-11-13-6-8-16-9-7-13;/h3-10,17H,2,11-12H2,1H3;1H. The average molecular weight is 279 g/mol. The second-order valence-electron chi connectivity index (χ2n) is 4.04. The zero-order chi connectivity index (χ0) is 12.6. The molecule has 0 radical (unpaired) electrons. The van der Waals surface area contributed by atoms with Crippen molar-refractivity contribution in [1.82, 2.24) is 10.3 Å². The quantitative estimate of drug-likeness (QED) is 0.881. The van der Waals surface area contributed by atoms with Gasteiger partial charge in [-0.05, 0) is 42.3 Å². The fourth-order valence-electron chi connectivity index (χ4n) is 1.76. The van der Waals surface area contributed by atoms with E-state index in [2.05, 4.69) is 22.4 Å². The third kappa shape index (κ3) is 5.28. The molecule has 3 nitrogen and oxygen atoms in total. The van der Waals surface area contributed by atoms with Gasteiger partial charge in [-0.15, -0.1) is 12.4 Å². The highest BCUT2D eigenvalue weighted by Crippen LogP contribution is 2.13. The van der Waals surface area contributed by atoms with Crippen LogP contribution in [0.3, 0.4) is 0 Å². The molecule has 0 aliphatic heterocycles. The zero-order valence-electron chi connectivity index (χ0n) is 11.0. The van der Waals surface area contributed by atoms with Gasteiger partial charge in [0.1, 0.15) is 5.75 Å². The molecule has 0 fully saturated rings. The van der Waals surface area contributed by atoms with Crippen molar-refractivity contribution in [1.29, 1.82) is 0 Å². The molecule has 2 rings (SSSR count). The van der Waals surface area contributed by atoms with Gasteiger partial charge in [0, 0.05) is 25.5 Å². The van der Waals surface area contributed by atoms with Crippen LogP contribution in [0.1, 0.15) is 18.1 Å². The topological polar surface area (TPSA) is 34.1 Å². The maximum Gasteiger partial charge on any atom is 0.119 e. The Morgan fingerprint density at radius 1 is 1.05 bits per heavy atom. The first-order valence-corrected chi connectivity index (χ1v) is 6.20. The number of rotatable bonds is 6. The van der Waals surface area contributed by atoms with Gasteiger partial charge in [-0.1, -0.05) is 12.1 Å². The molecule has 0 unspecified atom stereocenters. The van der Waals surface area contributed by atoms with Gasteiger partial charge in [-0.25, -0.2) is 0 Å². The summed E-state index contributed by atoms with van der Waals surface area (Å²) in [5, 5.41) is 3.40. The summed E-state index contributed by atoms with van der Waals surface area (Å²) in [7, 11) is 0. The highest BCUT2D eigenvalue weighted by Gasteiger charge is 1.97. The van der Waals surface area contributed by atoms with Crippen LogP contribution in [0.15, 0.2) is 48.8 Å². The first kappa shape index (κ1) is 15.5. The van der Waals surface area contributed by atoms with E-state index in [1.54, 1.807) is 0 Å². The Kier molecular flexibility index (Phi) is 6.93. The summed E-state index contributed by atoms with van der Waals surface area (Å²) in [6, 6.07) is 12.2. The minimum absolute atomic E-state index is 0. The third-order valence-electron chi connectivity index (χ3n) is 2.62. The predicted molar refractivity (Wildman–Crippen MR) is 79.6 cm³/mol. The van der Waals surface area contributed by atoms with Crippen LogP contribution in [-0.4, -0.2) is 11.6 Å². The summed E-state index contributed by atoms with van der Waals surface area (Å²) in [5.41, 5.74) is 2.47. The fourth-order valence-corrected chi connectivity index (χ4v) is 1.76.